The summed E-state index contributed by atoms with van der Waals surface area (Å²) in [5, 5.41) is 11.7. The van der Waals surface area contributed by atoms with Crippen LogP contribution in [0.3, 0.4) is 0 Å². The van der Waals surface area contributed by atoms with Crippen molar-refractivity contribution in [3.63, 3.8) is 0 Å². The molecule has 3 aromatic rings. The van der Waals surface area contributed by atoms with Gasteiger partial charge in [0.25, 0.3) is 5.91 Å². The number of rotatable bonds is 13. The molecule has 2 heterocycles. The van der Waals surface area contributed by atoms with Gasteiger partial charge in [-0.15, -0.1) is 0 Å². The first-order chi connectivity index (χ1) is 18.0. The van der Waals surface area contributed by atoms with Crippen molar-refractivity contribution in [3.8, 4) is 5.75 Å². The Morgan fingerprint density at radius 3 is 2.46 bits per heavy atom. The van der Waals surface area contributed by atoms with Crippen LogP contribution in [-0.2, 0) is 4.79 Å². The number of benzene rings is 2. The normalized spacial score (nSPS) is 15.8. The van der Waals surface area contributed by atoms with E-state index in [-0.39, 0.29) is 11.3 Å². The lowest BCUT2D eigenvalue weighted by molar-refractivity contribution is -0.129. The number of hydrogen-bond acceptors (Lipinski definition) is 6. The number of ketones is 1. The number of carbonyl (C=O) groups excluding carboxylic acids is 2. The standard InChI is InChI=1S/C30H36N2O5/c1-4-7-10-19-36-23-15-13-21(14-16-23)27-26(28(33)25-20-22-11-8-9-12-24(22)37-25)29(34)30(35)32(27)18-17-31(5-2)6-3/h8-9,11-16,20,27,34H,4-7,10,17-19H2,1-3H3. The van der Waals surface area contributed by atoms with Crippen molar-refractivity contribution >= 4 is 22.7 Å². The third-order valence-corrected chi connectivity index (χ3v) is 6.96. The van der Waals surface area contributed by atoms with Crippen molar-refractivity contribution in [1.29, 1.82) is 0 Å². The average molecular weight is 505 g/mol. The van der Waals surface area contributed by atoms with Crippen LogP contribution in [0, 0.1) is 0 Å². The second-order valence-corrected chi connectivity index (χ2v) is 9.29. The minimum absolute atomic E-state index is 0.0419. The van der Waals surface area contributed by atoms with E-state index in [0.29, 0.717) is 25.3 Å². The van der Waals surface area contributed by atoms with E-state index < -0.39 is 23.5 Å². The van der Waals surface area contributed by atoms with E-state index in [1.54, 1.807) is 17.0 Å². The van der Waals surface area contributed by atoms with Gasteiger partial charge in [-0.1, -0.05) is 63.9 Å². The zero-order chi connectivity index (χ0) is 26.4. The second-order valence-electron chi connectivity index (χ2n) is 9.29. The molecule has 0 radical (unpaired) electrons. The van der Waals surface area contributed by atoms with Gasteiger partial charge in [0.05, 0.1) is 18.2 Å². The predicted molar refractivity (Wildman–Crippen MR) is 144 cm³/mol. The lowest BCUT2D eigenvalue weighted by Gasteiger charge is -2.29. The maximum atomic E-state index is 13.7. The first-order valence-corrected chi connectivity index (χ1v) is 13.2. The highest BCUT2D eigenvalue weighted by molar-refractivity contribution is 6.16. The lowest BCUT2D eigenvalue weighted by Crippen LogP contribution is -2.38. The van der Waals surface area contributed by atoms with Crippen molar-refractivity contribution in [2.24, 2.45) is 0 Å². The molecule has 7 heteroatoms. The molecule has 0 bridgehead atoms. The number of likely N-dealkylation sites (N-methyl/N-ethyl adjacent to an activating group) is 1. The van der Waals surface area contributed by atoms with Gasteiger partial charge in [0.15, 0.2) is 11.5 Å². The third kappa shape index (κ3) is 5.72. The Labute approximate surface area is 218 Å². The van der Waals surface area contributed by atoms with E-state index in [1.807, 2.05) is 42.5 Å². The molecule has 0 spiro atoms. The maximum absolute atomic E-state index is 13.7. The molecular weight excluding hydrogens is 468 g/mol. The first kappa shape index (κ1) is 26.5. The molecule has 0 aliphatic carbocycles. The zero-order valence-corrected chi connectivity index (χ0v) is 21.9. The molecule has 4 rings (SSSR count). The Morgan fingerprint density at radius 1 is 1.05 bits per heavy atom. The molecule has 0 saturated heterocycles. The van der Waals surface area contributed by atoms with Crippen molar-refractivity contribution in [2.75, 3.05) is 32.8 Å². The molecule has 1 aliphatic rings. The van der Waals surface area contributed by atoms with Crippen LogP contribution in [-0.4, -0.2) is 59.4 Å². The van der Waals surface area contributed by atoms with E-state index in [1.165, 1.54) is 0 Å². The number of carbonyl (C=O) groups is 2. The Kier molecular flexibility index (Phi) is 8.66. The monoisotopic (exact) mass is 504 g/mol. The van der Waals surface area contributed by atoms with Crippen LogP contribution in [0.2, 0.25) is 0 Å². The van der Waals surface area contributed by atoms with Gasteiger partial charge >= 0.3 is 0 Å². The molecule has 37 heavy (non-hydrogen) atoms. The van der Waals surface area contributed by atoms with E-state index in [9.17, 15) is 14.7 Å². The molecule has 1 amide bonds. The van der Waals surface area contributed by atoms with Crippen molar-refractivity contribution in [1.82, 2.24) is 9.80 Å². The summed E-state index contributed by atoms with van der Waals surface area (Å²) in [6.45, 7) is 9.62. The Bertz CT molecular complexity index is 1220. The van der Waals surface area contributed by atoms with E-state index in [2.05, 4.69) is 25.7 Å². The highest BCUT2D eigenvalue weighted by Crippen LogP contribution is 2.40. The largest absolute Gasteiger partial charge is 0.503 e. The first-order valence-electron chi connectivity index (χ1n) is 13.2. The van der Waals surface area contributed by atoms with Gasteiger partial charge in [0.1, 0.15) is 11.3 Å². The van der Waals surface area contributed by atoms with E-state index in [0.717, 1.165) is 49.1 Å². The van der Waals surface area contributed by atoms with Gasteiger partial charge in [-0.3, -0.25) is 9.59 Å². The number of para-hydroxylation sites is 1. The quantitative estimate of drug-likeness (QED) is 0.230. The van der Waals surface area contributed by atoms with Crippen LogP contribution < -0.4 is 4.74 Å². The summed E-state index contributed by atoms with van der Waals surface area (Å²) in [6.07, 6.45) is 3.22. The minimum atomic E-state index is -0.724. The average Bonchev–Trinajstić information content (AvgIpc) is 3.46. The molecule has 1 aromatic heterocycles. The number of aliphatic hydroxyl groups is 1. The third-order valence-electron chi connectivity index (χ3n) is 6.96. The van der Waals surface area contributed by atoms with Gasteiger partial charge < -0.3 is 24.1 Å². The summed E-state index contributed by atoms with van der Waals surface area (Å²) >= 11 is 0. The van der Waals surface area contributed by atoms with Gasteiger partial charge in [-0.05, 0) is 49.3 Å². The predicted octanol–water partition coefficient (Wildman–Crippen LogP) is 5.92. The van der Waals surface area contributed by atoms with E-state index >= 15 is 0 Å². The zero-order valence-electron chi connectivity index (χ0n) is 21.9. The molecule has 2 aromatic carbocycles. The fourth-order valence-corrected chi connectivity index (χ4v) is 4.77. The van der Waals surface area contributed by atoms with Crippen LogP contribution >= 0.6 is 0 Å². The molecule has 1 N–H and O–H groups in total. The van der Waals surface area contributed by atoms with Crippen LogP contribution in [0.15, 0.2) is 70.3 Å². The molecule has 1 unspecified atom stereocenters. The summed E-state index contributed by atoms with van der Waals surface area (Å²) in [4.78, 5) is 30.7. The maximum Gasteiger partial charge on any atom is 0.290 e. The Balaban J connectivity index is 1.66. The highest BCUT2D eigenvalue weighted by Gasteiger charge is 2.44. The summed E-state index contributed by atoms with van der Waals surface area (Å²) < 4.78 is 11.7. The van der Waals surface area contributed by atoms with Crippen molar-refractivity contribution in [3.05, 3.63) is 77.3 Å². The Morgan fingerprint density at radius 2 is 1.78 bits per heavy atom. The summed E-state index contributed by atoms with van der Waals surface area (Å²) in [6, 6.07) is 15.7. The molecule has 0 saturated carbocycles. The molecule has 1 aliphatic heterocycles. The number of nitrogens with zero attached hydrogens (tertiary/aromatic N) is 2. The van der Waals surface area contributed by atoms with Crippen LogP contribution in [0.4, 0.5) is 0 Å². The minimum Gasteiger partial charge on any atom is -0.503 e. The fraction of sp³-hybridized carbons (Fsp3) is 0.400. The number of ether oxygens (including phenoxy) is 1. The molecule has 0 fully saturated rings. The topological polar surface area (TPSA) is 83.2 Å². The van der Waals surface area contributed by atoms with Gasteiger partial charge in [-0.25, -0.2) is 0 Å². The van der Waals surface area contributed by atoms with Crippen LogP contribution in [0.25, 0.3) is 11.0 Å². The lowest BCUT2D eigenvalue weighted by atomic mass is 9.95. The van der Waals surface area contributed by atoms with Gasteiger partial charge in [0, 0.05) is 18.5 Å². The van der Waals surface area contributed by atoms with Crippen molar-refractivity contribution in [2.45, 2.75) is 46.1 Å². The molecule has 196 valence electrons. The molecule has 7 nitrogen and oxygen atoms in total. The number of furan rings is 1. The van der Waals surface area contributed by atoms with Gasteiger partial charge in [-0.2, -0.15) is 0 Å². The number of fused-ring (bicyclic) bond motifs is 1. The van der Waals surface area contributed by atoms with Crippen LogP contribution in [0.5, 0.6) is 5.75 Å². The second kappa shape index (κ2) is 12.1. The highest BCUT2D eigenvalue weighted by atomic mass is 16.5. The number of amides is 1. The number of unbranched alkanes of at least 4 members (excludes halogenated alkanes) is 2. The summed E-state index contributed by atoms with van der Waals surface area (Å²) in [7, 11) is 0. The molecular formula is C30H36N2O5. The summed E-state index contributed by atoms with van der Waals surface area (Å²) in [5.74, 6) is -0.720. The Hall–Kier alpha value is -3.58. The number of hydrogen-bond donors (Lipinski definition) is 1. The van der Waals surface area contributed by atoms with E-state index in [4.69, 9.17) is 9.15 Å². The number of aliphatic hydroxyl groups excluding tert-OH is 1. The number of Topliss-reactive ketones (excluding diaryl/α,β-unsaturated/α-hetero) is 1. The molecule has 1 atom stereocenters. The fourth-order valence-electron chi connectivity index (χ4n) is 4.77. The van der Waals surface area contributed by atoms with Gasteiger partial charge in [0.2, 0.25) is 5.78 Å². The SMILES string of the molecule is CCCCCOc1ccc(C2C(C(=O)c3cc4ccccc4o3)=C(O)C(=O)N2CCN(CC)CC)cc1. The van der Waals surface area contributed by atoms with Crippen LogP contribution in [0.1, 0.15) is 62.2 Å². The smallest absolute Gasteiger partial charge is 0.290 e. The summed E-state index contributed by atoms with van der Waals surface area (Å²) in [5.41, 5.74) is 1.35. The van der Waals surface area contributed by atoms with Crippen molar-refractivity contribution < 1.29 is 23.8 Å².